The van der Waals surface area contributed by atoms with E-state index in [4.69, 9.17) is 5.73 Å². The molecule has 1 saturated carbocycles. The molecule has 2 heteroatoms. The highest BCUT2D eigenvalue weighted by Gasteiger charge is 2.35. The third kappa shape index (κ3) is 2.17. The van der Waals surface area contributed by atoms with Crippen molar-refractivity contribution in [1.29, 1.82) is 0 Å². The van der Waals surface area contributed by atoms with Crippen LogP contribution in [0.1, 0.15) is 48.0 Å². The second kappa shape index (κ2) is 4.38. The Bertz CT molecular complexity index is 391. The summed E-state index contributed by atoms with van der Waals surface area (Å²) in [5.41, 5.74) is 7.51. The summed E-state index contributed by atoms with van der Waals surface area (Å²) >= 11 is 0. The fourth-order valence-electron chi connectivity index (χ4n) is 2.48. The van der Waals surface area contributed by atoms with Gasteiger partial charge in [0.15, 0.2) is 5.78 Å². The highest BCUT2D eigenvalue weighted by Crippen LogP contribution is 2.29. The molecule has 0 unspecified atom stereocenters. The van der Waals surface area contributed by atoms with Crippen LogP contribution in [0.5, 0.6) is 0 Å². The number of ketones is 1. The van der Waals surface area contributed by atoms with E-state index in [2.05, 4.69) is 0 Å². The quantitative estimate of drug-likeness (QED) is 0.774. The van der Waals surface area contributed by atoms with Crippen molar-refractivity contribution in [1.82, 2.24) is 0 Å². The molecule has 1 aliphatic carbocycles. The first-order valence-electron chi connectivity index (χ1n) is 6.02. The van der Waals surface area contributed by atoms with Crippen LogP contribution < -0.4 is 5.73 Å². The Balaban J connectivity index is 2.24. The minimum atomic E-state index is -0.605. The Morgan fingerprint density at radius 2 is 1.94 bits per heavy atom. The maximum atomic E-state index is 12.3. The minimum Gasteiger partial charge on any atom is -0.319 e. The Morgan fingerprint density at radius 3 is 2.56 bits per heavy atom. The zero-order valence-corrected chi connectivity index (χ0v) is 9.83. The number of Topliss-reactive ketones (excluding diaryl/α,β-unsaturated/α-hetero) is 1. The Hall–Kier alpha value is -1.15. The van der Waals surface area contributed by atoms with Crippen LogP contribution in [0.4, 0.5) is 0 Å². The topological polar surface area (TPSA) is 43.1 Å². The molecule has 0 saturated heterocycles. The van der Waals surface area contributed by atoms with Crippen molar-refractivity contribution in [2.75, 3.05) is 0 Å². The summed E-state index contributed by atoms with van der Waals surface area (Å²) in [4.78, 5) is 12.3. The first-order valence-corrected chi connectivity index (χ1v) is 6.02. The Morgan fingerprint density at radius 1 is 1.25 bits per heavy atom. The van der Waals surface area contributed by atoms with Crippen LogP contribution in [-0.2, 0) is 0 Å². The summed E-state index contributed by atoms with van der Waals surface area (Å²) in [6.07, 6.45) is 5.03. The SMILES string of the molecule is Cc1cccc(C(=O)C2(N)CCCCC2)c1. The molecule has 2 N–H and O–H groups in total. The van der Waals surface area contributed by atoms with E-state index >= 15 is 0 Å². The van der Waals surface area contributed by atoms with Crippen LogP contribution >= 0.6 is 0 Å². The molecule has 1 aromatic carbocycles. The molecule has 2 nitrogen and oxygen atoms in total. The molecule has 86 valence electrons. The molecule has 0 radical (unpaired) electrons. The fraction of sp³-hybridized carbons (Fsp3) is 0.500. The summed E-state index contributed by atoms with van der Waals surface area (Å²) in [7, 11) is 0. The van der Waals surface area contributed by atoms with E-state index in [1.165, 1.54) is 6.42 Å². The number of hydrogen-bond donors (Lipinski definition) is 1. The third-order valence-electron chi connectivity index (χ3n) is 3.48. The average Bonchev–Trinajstić information content (AvgIpc) is 2.29. The van der Waals surface area contributed by atoms with E-state index in [1.54, 1.807) is 0 Å². The van der Waals surface area contributed by atoms with E-state index in [0.717, 1.165) is 36.8 Å². The van der Waals surface area contributed by atoms with Gasteiger partial charge in [0, 0.05) is 5.56 Å². The van der Waals surface area contributed by atoms with Crippen molar-refractivity contribution in [2.24, 2.45) is 5.73 Å². The van der Waals surface area contributed by atoms with Gasteiger partial charge in [-0.3, -0.25) is 4.79 Å². The number of carbonyl (C=O) groups excluding carboxylic acids is 1. The largest absolute Gasteiger partial charge is 0.319 e. The predicted molar refractivity (Wildman–Crippen MR) is 65.5 cm³/mol. The van der Waals surface area contributed by atoms with Crippen molar-refractivity contribution in [3.05, 3.63) is 35.4 Å². The molecule has 1 fully saturated rings. The first-order chi connectivity index (χ1) is 7.62. The molecule has 1 aliphatic rings. The van der Waals surface area contributed by atoms with E-state index in [0.29, 0.717) is 0 Å². The molecule has 16 heavy (non-hydrogen) atoms. The lowest BCUT2D eigenvalue weighted by Gasteiger charge is -2.31. The molecular formula is C14H19NO. The Labute approximate surface area is 96.8 Å². The number of nitrogens with two attached hydrogens (primary N) is 1. The van der Waals surface area contributed by atoms with Crippen LogP contribution in [0.25, 0.3) is 0 Å². The molecule has 0 atom stereocenters. The maximum absolute atomic E-state index is 12.3. The lowest BCUT2D eigenvalue weighted by Crippen LogP contribution is -2.49. The van der Waals surface area contributed by atoms with Gasteiger partial charge in [-0.1, -0.05) is 43.0 Å². The van der Waals surface area contributed by atoms with Gasteiger partial charge in [-0.25, -0.2) is 0 Å². The standard InChI is InChI=1S/C14H19NO/c1-11-6-5-7-12(10-11)13(16)14(15)8-3-2-4-9-14/h5-7,10H,2-4,8-9,15H2,1H3. The molecule has 0 bridgehead atoms. The molecule has 0 aromatic heterocycles. The van der Waals surface area contributed by atoms with E-state index in [-0.39, 0.29) is 5.78 Å². The van der Waals surface area contributed by atoms with Crippen LogP contribution in [0.15, 0.2) is 24.3 Å². The summed E-state index contributed by atoms with van der Waals surface area (Å²) in [5.74, 6) is 0.121. The van der Waals surface area contributed by atoms with E-state index in [1.807, 2.05) is 31.2 Å². The Kier molecular flexibility index (Phi) is 3.10. The molecule has 0 spiro atoms. The van der Waals surface area contributed by atoms with Gasteiger partial charge < -0.3 is 5.73 Å². The molecule has 0 aliphatic heterocycles. The van der Waals surface area contributed by atoms with E-state index in [9.17, 15) is 4.79 Å². The zero-order chi connectivity index (χ0) is 11.6. The molecule has 0 amide bonds. The number of benzene rings is 1. The first kappa shape index (κ1) is 11.3. The summed E-state index contributed by atoms with van der Waals surface area (Å²) in [6, 6.07) is 7.74. The normalized spacial score (nSPS) is 19.4. The summed E-state index contributed by atoms with van der Waals surface area (Å²) in [5, 5.41) is 0. The average molecular weight is 217 g/mol. The minimum absolute atomic E-state index is 0.121. The van der Waals surface area contributed by atoms with Crippen molar-refractivity contribution in [3.8, 4) is 0 Å². The zero-order valence-electron chi connectivity index (χ0n) is 9.83. The predicted octanol–water partition coefficient (Wildman–Crippen LogP) is 2.84. The highest BCUT2D eigenvalue weighted by molar-refractivity contribution is 6.03. The fourth-order valence-corrected chi connectivity index (χ4v) is 2.48. The van der Waals surface area contributed by atoms with Gasteiger partial charge in [-0.15, -0.1) is 0 Å². The van der Waals surface area contributed by atoms with Gasteiger partial charge in [-0.2, -0.15) is 0 Å². The number of carbonyl (C=O) groups is 1. The van der Waals surface area contributed by atoms with Crippen molar-refractivity contribution >= 4 is 5.78 Å². The maximum Gasteiger partial charge on any atom is 0.182 e. The number of rotatable bonds is 2. The van der Waals surface area contributed by atoms with Crippen molar-refractivity contribution in [3.63, 3.8) is 0 Å². The highest BCUT2D eigenvalue weighted by atomic mass is 16.1. The van der Waals surface area contributed by atoms with Crippen molar-refractivity contribution < 1.29 is 4.79 Å². The van der Waals surface area contributed by atoms with Crippen LogP contribution in [0.2, 0.25) is 0 Å². The monoisotopic (exact) mass is 217 g/mol. The smallest absolute Gasteiger partial charge is 0.182 e. The summed E-state index contributed by atoms with van der Waals surface area (Å²) < 4.78 is 0. The third-order valence-corrected chi connectivity index (χ3v) is 3.48. The van der Waals surface area contributed by atoms with Gasteiger partial charge in [0.1, 0.15) is 0 Å². The second-order valence-corrected chi connectivity index (χ2v) is 4.92. The summed E-state index contributed by atoms with van der Waals surface area (Å²) in [6.45, 7) is 2.00. The van der Waals surface area contributed by atoms with Gasteiger partial charge in [0.25, 0.3) is 0 Å². The molecule has 0 heterocycles. The second-order valence-electron chi connectivity index (χ2n) is 4.92. The van der Waals surface area contributed by atoms with Crippen LogP contribution in [0, 0.1) is 6.92 Å². The lowest BCUT2D eigenvalue weighted by molar-refractivity contribution is 0.0848. The van der Waals surface area contributed by atoms with Gasteiger partial charge in [0.05, 0.1) is 5.54 Å². The van der Waals surface area contributed by atoms with E-state index < -0.39 is 5.54 Å². The molecule has 2 rings (SSSR count). The molecular weight excluding hydrogens is 198 g/mol. The van der Waals surface area contributed by atoms with Gasteiger partial charge >= 0.3 is 0 Å². The van der Waals surface area contributed by atoms with Crippen LogP contribution in [0.3, 0.4) is 0 Å². The van der Waals surface area contributed by atoms with Gasteiger partial charge in [-0.05, 0) is 25.8 Å². The number of hydrogen-bond acceptors (Lipinski definition) is 2. The van der Waals surface area contributed by atoms with Crippen molar-refractivity contribution in [2.45, 2.75) is 44.6 Å². The molecule has 1 aromatic rings. The van der Waals surface area contributed by atoms with Gasteiger partial charge in [0.2, 0.25) is 0 Å². The van der Waals surface area contributed by atoms with Crippen LogP contribution in [-0.4, -0.2) is 11.3 Å². The number of aryl methyl sites for hydroxylation is 1. The lowest BCUT2D eigenvalue weighted by atomic mass is 9.77.